The van der Waals surface area contributed by atoms with Crippen LogP contribution >= 0.6 is 0 Å². The molecule has 0 aliphatic carbocycles. The SMILES string of the molecule is Cc1nnc(CN2CCCC2CO)o1. The van der Waals surface area contributed by atoms with Gasteiger partial charge in [-0.25, -0.2) is 0 Å². The predicted octanol–water partition coefficient (Wildman–Crippen LogP) is 0.335. The van der Waals surface area contributed by atoms with Crippen molar-refractivity contribution in [2.45, 2.75) is 32.4 Å². The highest BCUT2D eigenvalue weighted by Crippen LogP contribution is 2.18. The molecule has 0 aromatic carbocycles. The summed E-state index contributed by atoms with van der Waals surface area (Å²) in [7, 11) is 0. The Kier molecular flexibility index (Phi) is 2.79. The van der Waals surface area contributed by atoms with E-state index in [4.69, 9.17) is 9.52 Å². The van der Waals surface area contributed by atoms with Gasteiger partial charge in [-0.05, 0) is 19.4 Å². The van der Waals surface area contributed by atoms with Crippen LogP contribution in [-0.2, 0) is 6.54 Å². The number of hydrogen-bond acceptors (Lipinski definition) is 5. The molecule has 1 aliphatic heterocycles. The highest BCUT2D eigenvalue weighted by atomic mass is 16.4. The first-order valence-electron chi connectivity index (χ1n) is 4.93. The summed E-state index contributed by atoms with van der Waals surface area (Å²) in [5.41, 5.74) is 0. The Morgan fingerprint density at radius 2 is 2.43 bits per heavy atom. The molecule has 1 aromatic heterocycles. The summed E-state index contributed by atoms with van der Waals surface area (Å²) in [6.45, 7) is 3.66. The van der Waals surface area contributed by atoms with Crippen LogP contribution in [0.5, 0.6) is 0 Å². The third-order valence-electron chi connectivity index (χ3n) is 2.62. The van der Waals surface area contributed by atoms with Crippen molar-refractivity contribution in [3.63, 3.8) is 0 Å². The molecule has 1 atom stereocenters. The molecule has 14 heavy (non-hydrogen) atoms. The zero-order valence-electron chi connectivity index (χ0n) is 8.31. The maximum atomic E-state index is 9.11. The number of aliphatic hydroxyl groups excluding tert-OH is 1. The van der Waals surface area contributed by atoms with Gasteiger partial charge < -0.3 is 9.52 Å². The average Bonchev–Trinajstić information content (AvgIpc) is 2.76. The number of nitrogens with zero attached hydrogens (tertiary/aromatic N) is 3. The van der Waals surface area contributed by atoms with E-state index in [2.05, 4.69) is 15.1 Å². The molecule has 0 radical (unpaired) electrons. The van der Waals surface area contributed by atoms with E-state index in [-0.39, 0.29) is 12.6 Å². The van der Waals surface area contributed by atoms with Crippen LogP contribution < -0.4 is 0 Å². The molecular formula is C9H15N3O2. The fraction of sp³-hybridized carbons (Fsp3) is 0.778. The molecule has 1 aliphatic rings. The maximum Gasteiger partial charge on any atom is 0.230 e. The van der Waals surface area contributed by atoms with E-state index in [1.807, 2.05) is 0 Å². The van der Waals surface area contributed by atoms with Crippen molar-refractivity contribution in [2.75, 3.05) is 13.2 Å². The zero-order valence-corrected chi connectivity index (χ0v) is 8.31. The quantitative estimate of drug-likeness (QED) is 0.756. The van der Waals surface area contributed by atoms with Gasteiger partial charge in [-0.15, -0.1) is 10.2 Å². The van der Waals surface area contributed by atoms with E-state index in [1.54, 1.807) is 6.92 Å². The second-order valence-corrected chi connectivity index (χ2v) is 3.66. The Morgan fingerprint density at radius 3 is 3.07 bits per heavy atom. The molecule has 1 saturated heterocycles. The first-order valence-corrected chi connectivity index (χ1v) is 4.93. The monoisotopic (exact) mass is 197 g/mol. The average molecular weight is 197 g/mol. The van der Waals surface area contributed by atoms with Crippen molar-refractivity contribution in [3.05, 3.63) is 11.8 Å². The van der Waals surface area contributed by atoms with Crippen molar-refractivity contribution in [2.24, 2.45) is 0 Å². The molecule has 1 N–H and O–H groups in total. The molecule has 0 bridgehead atoms. The van der Waals surface area contributed by atoms with Crippen LogP contribution in [0.1, 0.15) is 24.6 Å². The lowest BCUT2D eigenvalue weighted by Crippen LogP contribution is -2.31. The fourth-order valence-corrected chi connectivity index (χ4v) is 1.89. The summed E-state index contributed by atoms with van der Waals surface area (Å²) >= 11 is 0. The van der Waals surface area contributed by atoms with Gasteiger partial charge in [0, 0.05) is 13.0 Å². The highest BCUT2D eigenvalue weighted by Gasteiger charge is 2.24. The van der Waals surface area contributed by atoms with Gasteiger partial charge in [-0.3, -0.25) is 4.90 Å². The maximum absolute atomic E-state index is 9.11. The Hall–Kier alpha value is -0.940. The predicted molar refractivity (Wildman–Crippen MR) is 49.6 cm³/mol. The smallest absolute Gasteiger partial charge is 0.230 e. The van der Waals surface area contributed by atoms with Crippen molar-refractivity contribution in [1.29, 1.82) is 0 Å². The lowest BCUT2D eigenvalue weighted by molar-refractivity contribution is 0.144. The minimum atomic E-state index is 0.215. The first kappa shape index (κ1) is 9.61. The number of hydrogen-bond donors (Lipinski definition) is 1. The molecule has 1 fully saturated rings. The number of aliphatic hydroxyl groups is 1. The summed E-state index contributed by atoms with van der Waals surface area (Å²) in [5, 5.41) is 16.8. The largest absolute Gasteiger partial charge is 0.424 e. The lowest BCUT2D eigenvalue weighted by Gasteiger charge is -2.20. The second kappa shape index (κ2) is 4.06. The van der Waals surface area contributed by atoms with Crippen molar-refractivity contribution in [1.82, 2.24) is 15.1 Å². The zero-order chi connectivity index (χ0) is 9.97. The molecule has 0 saturated carbocycles. The van der Waals surface area contributed by atoms with Crippen LogP contribution in [0.3, 0.4) is 0 Å². The number of aromatic nitrogens is 2. The minimum Gasteiger partial charge on any atom is -0.424 e. The summed E-state index contributed by atoms with van der Waals surface area (Å²) in [5.74, 6) is 1.24. The van der Waals surface area contributed by atoms with Gasteiger partial charge in [0.05, 0.1) is 13.2 Å². The van der Waals surface area contributed by atoms with Gasteiger partial charge in [-0.2, -0.15) is 0 Å². The molecule has 5 nitrogen and oxygen atoms in total. The molecule has 1 aromatic rings. The summed E-state index contributed by atoms with van der Waals surface area (Å²) in [6.07, 6.45) is 2.20. The van der Waals surface area contributed by atoms with Crippen LogP contribution in [0.4, 0.5) is 0 Å². The van der Waals surface area contributed by atoms with E-state index in [0.29, 0.717) is 18.3 Å². The summed E-state index contributed by atoms with van der Waals surface area (Å²) in [4.78, 5) is 2.19. The molecule has 2 rings (SSSR count). The summed E-state index contributed by atoms with van der Waals surface area (Å²) in [6, 6.07) is 0.266. The standard InChI is InChI=1S/C9H15N3O2/c1-7-10-11-9(14-7)5-12-4-2-3-8(12)6-13/h8,13H,2-6H2,1H3. The second-order valence-electron chi connectivity index (χ2n) is 3.66. The number of aryl methyl sites for hydroxylation is 1. The van der Waals surface area contributed by atoms with Crippen molar-refractivity contribution in [3.8, 4) is 0 Å². The lowest BCUT2D eigenvalue weighted by atomic mass is 10.2. The molecule has 0 amide bonds. The van der Waals surface area contributed by atoms with Crippen molar-refractivity contribution >= 4 is 0 Å². The van der Waals surface area contributed by atoms with Gasteiger partial charge in [0.25, 0.3) is 0 Å². The highest BCUT2D eigenvalue weighted by molar-refractivity contribution is 4.85. The van der Waals surface area contributed by atoms with Gasteiger partial charge in [0.2, 0.25) is 11.8 Å². The van der Waals surface area contributed by atoms with E-state index >= 15 is 0 Å². The van der Waals surface area contributed by atoms with Gasteiger partial charge in [-0.1, -0.05) is 0 Å². The van der Waals surface area contributed by atoms with Gasteiger partial charge in [0.15, 0.2) is 0 Å². The number of likely N-dealkylation sites (tertiary alicyclic amines) is 1. The topological polar surface area (TPSA) is 62.4 Å². The fourth-order valence-electron chi connectivity index (χ4n) is 1.89. The van der Waals surface area contributed by atoms with E-state index in [9.17, 15) is 0 Å². The third-order valence-corrected chi connectivity index (χ3v) is 2.62. The number of rotatable bonds is 3. The Morgan fingerprint density at radius 1 is 1.57 bits per heavy atom. The first-order chi connectivity index (χ1) is 6.79. The van der Waals surface area contributed by atoms with E-state index in [1.165, 1.54) is 0 Å². The van der Waals surface area contributed by atoms with Crippen LogP contribution in [-0.4, -0.2) is 39.4 Å². The van der Waals surface area contributed by atoms with E-state index < -0.39 is 0 Å². The van der Waals surface area contributed by atoms with Crippen LogP contribution in [0.2, 0.25) is 0 Å². The van der Waals surface area contributed by atoms with Crippen molar-refractivity contribution < 1.29 is 9.52 Å². The van der Waals surface area contributed by atoms with Crippen LogP contribution in [0.15, 0.2) is 4.42 Å². The molecule has 78 valence electrons. The normalized spacial score (nSPS) is 23.1. The van der Waals surface area contributed by atoms with Gasteiger partial charge >= 0.3 is 0 Å². The Labute approximate surface area is 82.7 Å². The molecule has 2 heterocycles. The van der Waals surface area contributed by atoms with E-state index in [0.717, 1.165) is 19.4 Å². The molecule has 5 heteroatoms. The van der Waals surface area contributed by atoms with Crippen LogP contribution in [0, 0.1) is 6.92 Å². The minimum absolute atomic E-state index is 0.215. The molecular weight excluding hydrogens is 182 g/mol. The van der Waals surface area contributed by atoms with Crippen LogP contribution in [0.25, 0.3) is 0 Å². The Bertz CT molecular complexity index is 300. The molecule has 0 spiro atoms. The van der Waals surface area contributed by atoms with Gasteiger partial charge in [0.1, 0.15) is 0 Å². The third kappa shape index (κ3) is 1.93. The Balaban J connectivity index is 1.96. The molecule has 1 unspecified atom stereocenters. The summed E-state index contributed by atoms with van der Waals surface area (Å²) < 4.78 is 5.29.